The monoisotopic (exact) mass is 374 g/mol. The molecule has 2 aliphatic rings. The molecule has 0 aliphatic carbocycles. The van der Waals surface area contributed by atoms with Crippen molar-refractivity contribution < 1.29 is 19.1 Å². The summed E-state index contributed by atoms with van der Waals surface area (Å²) >= 11 is 0. The highest BCUT2D eigenvalue weighted by atomic mass is 16.5. The van der Waals surface area contributed by atoms with Crippen molar-refractivity contribution in [2.75, 3.05) is 19.7 Å². The molecule has 1 aromatic rings. The van der Waals surface area contributed by atoms with Crippen LogP contribution < -0.4 is 0 Å². The molecule has 0 aromatic carbocycles. The average molecular weight is 374 g/mol. The van der Waals surface area contributed by atoms with E-state index in [1.54, 1.807) is 22.6 Å². The normalized spacial score (nSPS) is 20.1. The molecule has 1 saturated heterocycles. The van der Waals surface area contributed by atoms with Gasteiger partial charge < -0.3 is 14.5 Å². The zero-order valence-corrected chi connectivity index (χ0v) is 15.9. The molecule has 2 amide bonds. The fraction of sp³-hybridized carbons (Fsp3) is 0.579. The molecule has 8 heteroatoms. The topological polar surface area (TPSA) is 84.7 Å². The van der Waals surface area contributed by atoms with Crippen LogP contribution in [0.2, 0.25) is 0 Å². The molecule has 1 fully saturated rings. The number of esters is 1. The van der Waals surface area contributed by atoms with Gasteiger partial charge in [-0.15, -0.1) is 0 Å². The summed E-state index contributed by atoms with van der Waals surface area (Å²) in [6, 6.07) is 1.70. The van der Waals surface area contributed by atoms with Gasteiger partial charge in [0.05, 0.1) is 25.4 Å². The number of likely N-dealkylation sites (tertiary alicyclic amines) is 1. The number of fused-ring (bicyclic) bond motifs is 1. The number of amides is 2. The maximum absolute atomic E-state index is 13.0. The zero-order valence-electron chi connectivity index (χ0n) is 15.9. The van der Waals surface area contributed by atoms with E-state index >= 15 is 0 Å². The summed E-state index contributed by atoms with van der Waals surface area (Å²) in [5.74, 6) is -0.495. The van der Waals surface area contributed by atoms with Crippen molar-refractivity contribution in [1.82, 2.24) is 19.6 Å². The Kier molecular flexibility index (Phi) is 5.62. The van der Waals surface area contributed by atoms with E-state index in [0.717, 1.165) is 5.69 Å². The van der Waals surface area contributed by atoms with Crippen LogP contribution in [0.1, 0.15) is 42.9 Å². The molecule has 0 spiro atoms. The van der Waals surface area contributed by atoms with E-state index in [2.05, 4.69) is 11.7 Å². The van der Waals surface area contributed by atoms with E-state index < -0.39 is 5.97 Å². The van der Waals surface area contributed by atoms with Crippen LogP contribution in [0.15, 0.2) is 18.7 Å². The molecular formula is C19H26N4O4. The molecule has 0 saturated carbocycles. The van der Waals surface area contributed by atoms with E-state index in [-0.39, 0.29) is 29.5 Å². The van der Waals surface area contributed by atoms with Gasteiger partial charge in [-0.05, 0) is 38.8 Å². The van der Waals surface area contributed by atoms with Crippen LogP contribution in [0.5, 0.6) is 0 Å². The van der Waals surface area contributed by atoms with Crippen molar-refractivity contribution in [1.29, 1.82) is 0 Å². The molecule has 0 radical (unpaired) electrons. The van der Waals surface area contributed by atoms with Gasteiger partial charge in [-0.3, -0.25) is 14.3 Å². The van der Waals surface area contributed by atoms with Crippen molar-refractivity contribution in [3.8, 4) is 0 Å². The highest BCUT2D eigenvalue weighted by molar-refractivity contribution is 5.88. The lowest BCUT2D eigenvalue weighted by atomic mass is 9.94. The number of rotatable bonds is 4. The Hall–Kier alpha value is -2.64. The Labute approximate surface area is 158 Å². The van der Waals surface area contributed by atoms with Gasteiger partial charge in [0, 0.05) is 25.0 Å². The molecule has 2 aliphatic heterocycles. The molecule has 3 heterocycles. The summed E-state index contributed by atoms with van der Waals surface area (Å²) in [5, 5.41) is 4.32. The predicted molar refractivity (Wildman–Crippen MR) is 97.7 cm³/mol. The van der Waals surface area contributed by atoms with Crippen LogP contribution in [0, 0.1) is 5.92 Å². The van der Waals surface area contributed by atoms with E-state index in [1.165, 1.54) is 6.08 Å². The van der Waals surface area contributed by atoms with Crippen molar-refractivity contribution in [3.05, 3.63) is 30.1 Å². The number of aromatic nitrogens is 2. The third-order valence-electron chi connectivity index (χ3n) is 5.26. The molecule has 27 heavy (non-hydrogen) atoms. The molecule has 0 bridgehead atoms. The number of nitrogens with zero attached hydrogens (tertiary/aromatic N) is 4. The smallest absolute Gasteiger partial charge is 0.358 e. The van der Waals surface area contributed by atoms with E-state index in [1.807, 2.05) is 11.8 Å². The number of hydrogen-bond acceptors (Lipinski definition) is 5. The lowest BCUT2D eigenvalue weighted by Crippen LogP contribution is -2.49. The Morgan fingerprint density at radius 1 is 1.33 bits per heavy atom. The fourth-order valence-electron chi connectivity index (χ4n) is 3.73. The van der Waals surface area contributed by atoms with Gasteiger partial charge in [0.25, 0.3) is 0 Å². The number of ether oxygens (including phenoxy) is 1. The average Bonchev–Trinajstić information content (AvgIpc) is 3.09. The first-order valence-corrected chi connectivity index (χ1v) is 9.40. The van der Waals surface area contributed by atoms with E-state index in [9.17, 15) is 14.4 Å². The second-order valence-electron chi connectivity index (χ2n) is 7.04. The first-order valence-electron chi connectivity index (χ1n) is 9.40. The van der Waals surface area contributed by atoms with Crippen LogP contribution in [0.3, 0.4) is 0 Å². The minimum Gasteiger partial charge on any atom is -0.461 e. The zero-order chi connectivity index (χ0) is 19.6. The third-order valence-corrected chi connectivity index (χ3v) is 5.26. The summed E-state index contributed by atoms with van der Waals surface area (Å²) in [6.07, 6.45) is 2.64. The molecule has 146 valence electrons. The van der Waals surface area contributed by atoms with Crippen LogP contribution in [-0.4, -0.2) is 63.1 Å². The summed E-state index contributed by atoms with van der Waals surface area (Å²) in [6.45, 7) is 9.69. The molecule has 1 aromatic heterocycles. The van der Waals surface area contributed by atoms with Crippen molar-refractivity contribution >= 4 is 17.8 Å². The minimum absolute atomic E-state index is 0.00668. The SMILES string of the molecule is C=CC(=O)N1CCC(C(=O)N2Cc3cc(C(=O)OCC)nn3CC2C)CC1. The van der Waals surface area contributed by atoms with Crippen molar-refractivity contribution in [2.45, 2.75) is 45.8 Å². The van der Waals surface area contributed by atoms with Gasteiger partial charge >= 0.3 is 5.97 Å². The molecule has 1 unspecified atom stereocenters. The molecule has 8 nitrogen and oxygen atoms in total. The van der Waals surface area contributed by atoms with Crippen LogP contribution >= 0.6 is 0 Å². The van der Waals surface area contributed by atoms with E-state index in [0.29, 0.717) is 45.6 Å². The van der Waals surface area contributed by atoms with Crippen LogP contribution in [0.25, 0.3) is 0 Å². The summed E-state index contributed by atoms with van der Waals surface area (Å²) < 4.78 is 6.79. The minimum atomic E-state index is -0.441. The largest absolute Gasteiger partial charge is 0.461 e. The molecule has 1 atom stereocenters. The second kappa shape index (κ2) is 7.94. The quantitative estimate of drug-likeness (QED) is 0.584. The predicted octanol–water partition coefficient (Wildman–Crippen LogP) is 1.22. The van der Waals surface area contributed by atoms with Gasteiger partial charge in [-0.25, -0.2) is 4.79 Å². The Balaban J connectivity index is 1.66. The van der Waals surface area contributed by atoms with Gasteiger partial charge in [0.1, 0.15) is 0 Å². The highest BCUT2D eigenvalue weighted by Gasteiger charge is 2.35. The first-order chi connectivity index (χ1) is 12.9. The van der Waals surface area contributed by atoms with Gasteiger partial charge in [0.2, 0.25) is 11.8 Å². The second-order valence-corrected chi connectivity index (χ2v) is 7.04. The van der Waals surface area contributed by atoms with Crippen molar-refractivity contribution in [2.24, 2.45) is 5.92 Å². The van der Waals surface area contributed by atoms with Gasteiger partial charge in [-0.2, -0.15) is 5.10 Å². The third kappa shape index (κ3) is 3.89. The lowest BCUT2D eigenvalue weighted by Gasteiger charge is -2.38. The van der Waals surface area contributed by atoms with Crippen LogP contribution in [-0.2, 0) is 27.4 Å². The fourth-order valence-corrected chi connectivity index (χ4v) is 3.73. The van der Waals surface area contributed by atoms with Crippen LogP contribution in [0.4, 0.5) is 0 Å². The lowest BCUT2D eigenvalue weighted by molar-refractivity contribution is -0.143. The van der Waals surface area contributed by atoms with Gasteiger partial charge in [0.15, 0.2) is 5.69 Å². The highest BCUT2D eigenvalue weighted by Crippen LogP contribution is 2.25. The molecule has 0 N–H and O–H groups in total. The maximum Gasteiger partial charge on any atom is 0.358 e. The summed E-state index contributed by atoms with van der Waals surface area (Å²) in [4.78, 5) is 40.2. The van der Waals surface area contributed by atoms with Gasteiger partial charge in [-0.1, -0.05) is 6.58 Å². The standard InChI is InChI=1S/C19H26N4O4/c1-4-17(24)21-8-6-14(7-9-21)18(25)22-12-15-10-16(19(26)27-5-2)20-23(15)11-13(22)3/h4,10,13-14H,1,5-9,11-12H2,2-3H3. The Bertz CT molecular complexity index is 749. The van der Waals surface area contributed by atoms with Crippen molar-refractivity contribution in [3.63, 3.8) is 0 Å². The maximum atomic E-state index is 13.0. The number of hydrogen-bond donors (Lipinski definition) is 0. The number of carbonyl (C=O) groups is 3. The van der Waals surface area contributed by atoms with E-state index in [4.69, 9.17) is 4.74 Å². The summed E-state index contributed by atoms with van der Waals surface area (Å²) in [5.41, 5.74) is 1.12. The first kappa shape index (κ1) is 19.1. The Morgan fingerprint density at radius 3 is 2.67 bits per heavy atom. The Morgan fingerprint density at radius 2 is 2.04 bits per heavy atom. The molecular weight excluding hydrogens is 348 g/mol. The number of piperidine rings is 1. The molecule has 3 rings (SSSR count). The summed E-state index contributed by atoms with van der Waals surface area (Å²) in [7, 11) is 0. The number of carbonyl (C=O) groups excluding carboxylic acids is 3.